The second kappa shape index (κ2) is 5.84. The Morgan fingerprint density at radius 3 is 2.57 bits per heavy atom. The van der Waals surface area contributed by atoms with Gasteiger partial charge in [0.25, 0.3) is 0 Å². The number of nitrogens with zero attached hydrogens (tertiary/aromatic N) is 1. The summed E-state index contributed by atoms with van der Waals surface area (Å²) in [7, 11) is 1.66. The molecule has 1 heterocycles. The van der Waals surface area contributed by atoms with Crippen molar-refractivity contribution in [3.8, 4) is 5.75 Å². The number of aryl methyl sites for hydroxylation is 1. The molecule has 2 rings (SSSR count). The number of nitrogens with one attached hydrogen (secondary N) is 1. The summed E-state index contributed by atoms with van der Waals surface area (Å²) in [6.07, 6.45) is -0.253. The van der Waals surface area contributed by atoms with Crippen molar-refractivity contribution < 1.29 is 14.3 Å². The van der Waals surface area contributed by atoms with E-state index >= 15 is 0 Å². The minimum atomic E-state index is -0.449. The highest BCUT2D eigenvalue weighted by Crippen LogP contribution is 2.27. The van der Waals surface area contributed by atoms with Crippen molar-refractivity contribution in [2.45, 2.75) is 39.3 Å². The van der Waals surface area contributed by atoms with Gasteiger partial charge in [0.1, 0.15) is 11.4 Å². The van der Waals surface area contributed by atoms with E-state index in [1.165, 1.54) is 0 Å². The molecule has 0 radical (unpaired) electrons. The predicted octanol–water partition coefficient (Wildman–Crippen LogP) is 3.03. The van der Waals surface area contributed by atoms with Crippen LogP contribution in [0.25, 0.3) is 0 Å². The molecule has 1 aromatic rings. The SMILES string of the molecule is COc1cc(C)ccc1NC1CN(C(=O)OC(C)(C)C)C1. The fourth-order valence-electron chi connectivity index (χ4n) is 2.18. The normalized spacial score (nSPS) is 15.4. The Kier molecular flexibility index (Phi) is 4.30. The Bertz CT molecular complexity index is 517. The maximum Gasteiger partial charge on any atom is 0.410 e. The van der Waals surface area contributed by atoms with Gasteiger partial charge in [0.2, 0.25) is 0 Å². The van der Waals surface area contributed by atoms with Gasteiger partial charge in [0, 0.05) is 13.1 Å². The van der Waals surface area contributed by atoms with Crippen molar-refractivity contribution in [1.82, 2.24) is 4.90 Å². The third-order valence-electron chi connectivity index (χ3n) is 3.25. The van der Waals surface area contributed by atoms with Gasteiger partial charge in [-0.05, 0) is 45.4 Å². The number of rotatable bonds is 3. The van der Waals surface area contributed by atoms with E-state index in [2.05, 4.69) is 5.32 Å². The van der Waals surface area contributed by atoms with E-state index in [1.807, 2.05) is 45.9 Å². The molecule has 5 nitrogen and oxygen atoms in total. The molecule has 5 heteroatoms. The van der Waals surface area contributed by atoms with Crippen molar-refractivity contribution in [2.24, 2.45) is 0 Å². The van der Waals surface area contributed by atoms with E-state index in [0.717, 1.165) is 17.0 Å². The molecule has 1 aromatic carbocycles. The standard InChI is InChI=1S/C16H24N2O3/c1-11-6-7-13(14(8-11)20-5)17-12-9-18(10-12)15(19)21-16(2,3)4/h6-8,12,17H,9-10H2,1-5H3. The Hall–Kier alpha value is -1.91. The van der Waals surface area contributed by atoms with E-state index in [1.54, 1.807) is 12.0 Å². The summed E-state index contributed by atoms with van der Waals surface area (Å²) < 4.78 is 10.7. The van der Waals surface area contributed by atoms with Crippen LogP contribution in [0.2, 0.25) is 0 Å². The molecule has 1 aliphatic rings. The lowest BCUT2D eigenvalue weighted by atomic mass is 10.1. The molecular weight excluding hydrogens is 268 g/mol. The smallest absolute Gasteiger partial charge is 0.410 e. The number of likely N-dealkylation sites (tertiary alicyclic amines) is 1. The van der Waals surface area contributed by atoms with Crippen molar-refractivity contribution in [2.75, 3.05) is 25.5 Å². The first kappa shape index (κ1) is 15.5. The Balaban J connectivity index is 1.87. The van der Waals surface area contributed by atoms with Crippen LogP contribution in [0, 0.1) is 6.92 Å². The van der Waals surface area contributed by atoms with Crippen LogP contribution in [-0.4, -0.2) is 42.8 Å². The maximum atomic E-state index is 11.9. The fourth-order valence-corrected chi connectivity index (χ4v) is 2.18. The van der Waals surface area contributed by atoms with Gasteiger partial charge in [-0.3, -0.25) is 0 Å². The highest BCUT2D eigenvalue weighted by molar-refractivity contribution is 5.70. The van der Waals surface area contributed by atoms with Crippen LogP contribution in [0.3, 0.4) is 0 Å². The molecule has 1 saturated heterocycles. The minimum absolute atomic E-state index is 0.231. The maximum absolute atomic E-state index is 11.9. The van der Waals surface area contributed by atoms with Crippen molar-refractivity contribution in [3.63, 3.8) is 0 Å². The lowest BCUT2D eigenvalue weighted by molar-refractivity contribution is 0.0105. The molecule has 0 spiro atoms. The Labute approximate surface area is 126 Å². The molecule has 0 bridgehead atoms. The second-order valence-corrected chi connectivity index (χ2v) is 6.43. The van der Waals surface area contributed by atoms with Crippen molar-refractivity contribution in [1.29, 1.82) is 0 Å². The highest BCUT2D eigenvalue weighted by Gasteiger charge is 2.33. The molecule has 1 fully saturated rings. The number of hydrogen-bond acceptors (Lipinski definition) is 4. The number of hydrogen-bond donors (Lipinski definition) is 1. The third kappa shape index (κ3) is 4.03. The fraction of sp³-hybridized carbons (Fsp3) is 0.562. The van der Waals surface area contributed by atoms with Crippen molar-refractivity contribution in [3.05, 3.63) is 23.8 Å². The lowest BCUT2D eigenvalue weighted by Crippen LogP contribution is -2.57. The van der Waals surface area contributed by atoms with Crippen LogP contribution in [-0.2, 0) is 4.74 Å². The van der Waals surface area contributed by atoms with Gasteiger partial charge in [0.05, 0.1) is 18.8 Å². The minimum Gasteiger partial charge on any atom is -0.495 e. The molecule has 0 atom stereocenters. The van der Waals surface area contributed by atoms with Crippen molar-refractivity contribution >= 4 is 11.8 Å². The van der Waals surface area contributed by atoms with Crippen LogP contribution in [0.1, 0.15) is 26.3 Å². The second-order valence-electron chi connectivity index (χ2n) is 6.43. The van der Waals surface area contributed by atoms with Crippen LogP contribution in [0.5, 0.6) is 5.75 Å². The van der Waals surface area contributed by atoms with E-state index in [9.17, 15) is 4.79 Å². The van der Waals surface area contributed by atoms with Gasteiger partial charge in [-0.25, -0.2) is 4.79 Å². The molecular formula is C16H24N2O3. The number of methoxy groups -OCH3 is 1. The molecule has 0 unspecified atom stereocenters. The van der Waals surface area contributed by atoms with Gasteiger partial charge in [-0.15, -0.1) is 0 Å². The summed E-state index contributed by atoms with van der Waals surface area (Å²) in [5.41, 5.74) is 1.66. The third-order valence-corrected chi connectivity index (χ3v) is 3.25. The molecule has 0 aromatic heterocycles. The first-order valence-corrected chi connectivity index (χ1v) is 7.17. The lowest BCUT2D eigenvalue weighted by Gasteiger charge is -2.40. The van der Waals surface area contributed by atoms with Gasteiger partial charge in [0.15, 0.2) is 0 Å². The van der Waals surface area contributed by atoms with E-state index < -0.39 is 5.60 Å². The molecule has 116 valence electrons. The Morgan fingerprint density at radius 1 is 1.33 bits per heavy atom. The van der Waals surface area contributed by atoms with Crippen LogP contribution >= 0.6 is 0 Å². The van der Waals surface area contributed by atoms with E-state index in [4.69, 9.17) is 9.47 Å². The molecule has 21 heavy (non-hydrogen) atoms. The van der Waals surface area contributed by atoms with Crippen LogP contribution in [0.15, 0.2) is 18.2 Å². The zero-order valence-electron chi connectivity index (χ0n) is 13.4. The molecule has 0 saturated carbocycles. The number of benzene rings is 1. The summed E-state index contributed by atoms with van der Waals surface area (Å²) in [5, 5.41) is 3.40. The van der Waals surface area contributed by atoms with Crippen LogP contribution < -0.4 is 10.1 Å². The predicted molar refractivity (Wildman–Crippen MR) is 82.9 cm³/mol. The van der Waals surface area contributed by atoms with Gasteiger partial charge >= 0.3 is 6.09 Å². The summed E-state index contributed by atoms with van der Waals surface area (Å²) in [5.74, 6) is 0.825. The quantitative estimate of drug-likeness (QED) is 0.930. The van der Waals surface area contributed by atoms with Gasteiger partial charge in [-0.1, -0.05) is 6.07 Å². The molecule has 1 aliphatic heterocycles. The zero-order chi connectivity index (χ0) is 15.6. The average Bonchev–Trinajstić information content (AvgIpc) is 2.32. The van der Waals surface area contributed by atoms with Crippen LogP contribution in [0.4, 0.5) is 10.5 Å². The molecule has 1 amide bonds. The summed E-state index contributed by atoms with van der Waals surface area (Å²) in [6, 6.07) is 6.26. The largest absolute Gasteiger partial charge is 0.495 e. The monoisotopic (exact) mass is 292 g/mol. The number of carbonyl (C=O) groups is 1. The highest BCUT2D eigenvalue weighted by atomic mass is 16.6. The summed E-state index contributed by atoms with van der Waals surface area (Å²) in [4.78, 5) is 13.6. The van der Waals surface area contributed by atoms with E-state index in [0.29, 0.717) is 13.1 Å². The van der Waals surface area contributed by atoms with E-state index in [-0.39, 0.29) is 12.1 Å². The molecule has 1 N–H and O–H groups in total. The Morgan fingerprint density at radius 2 is 2.00 bits per heavy atom. The first-order chi connectivity index (χ1) is 9.78. The number of amides is 1. The average molecular weight is 292 g/mol. The summed E-state index contributed by atoms with van der Waals surface area (Å²) in [6.45, 7) is 8.94. The summed E-state index contributed by atoms with van der Waals surface area (Å²) >= 11 is 0. The number of anilines is 1. The topological polar surface area (TPSA) is 50.8 Å². The number of carbonyl (C=O) groups excluding carboxylic acids is 1. The molecule has 0 aliphatic carbocycles. The number of ether oxygens (including phenoxy) is 2. The zero-order valence-corrected chi connectivity index (χ0v) is 13.4. The first-order valence-electron chi connectivity index (χ1n) is 7.17. The van der Waals surface area contributed by atoms with Gasteiger partial charge in [-0.2, -0.15) is 0 Å². The van der Waals surface area contributed by atoms with Gasteiger partial charge < -0.3 is 19.7 Å².